The Morgan fingerprint density at radius 3 is 1.83 bits per heavy atom. The minimum absolute atomic E-state index is 0.135. The van der Waals surface area contributed by atoms with E-state index in [1.807, 2.05) is 0 Å². The zero-order valence-electron chi connectivity index (χ0n) is 29.1. The van der Waals surface area contributed by atoms with E-state index in [4.69, 9.17) is 19.9 Å². The van der Waals surface area contributed by atoms with Gasteiger partial charge in [0.2, 0.25) is 0 Å². The molecule has 0 aliphatic carbocycles. The molecule has 47 heavy (non-hydrogen) atoms. The highest BCUT2D eigenvalue weighted by atomic mass is 16.6. The third-order valence-corrected chi connectivity index (χ3v) is 9.12. The first-order valence-electron chi connectivity index (χ1n) is 18.6. The number of carbonyl (C=O) groups is 2. The fraction of sp³-hybridized carbons (Fsp3) is 0.806. The highest BCUT2D eigenvalue weighted by molar-refractivity contribution is 5.81. The quantitative estimate of drug-likeness (QED) is 0.0757. The summed E-state index contributed by atoms with van der Waals surface area (Å²) >= 11 is 0. The smallest absolute Gasteiger partial charge is 0.306 e. The lowest BCUT2D eigenvalue weighted by Gasteiger charge is -2.21. The molecule has 0 radical (unpaired) electrons. The molecular weight excluding hydrogens is 598 g/mol. The van der Waals surface area contributed by atoms with Gasteiger partial charge in [0.15, 0.2) is 23.8 Å². The van der Waals surface area contributed by atoms with Gasteiger partial charge in [0.1, 0.15) is 30.7 Å². The van der Waals surface area contributed by atoms with E-state index in [1.165, 1.54) is 103 Å². The second-order valence-electron chi connectivity index (χ2n) is 13.1. The third kappa shape index (κ3) is 13.7. The maximum absolute atomic E-state index is 12.9. The topological polar surface area (TPSA) is 152 Å². The molecular formula is C36H61N5O6. The van der Waals surface area contributed by atoms with Crippen LogP contribution in [0.3, 0.4) is 0 Å². The molecule has 3 heterocycles. The summed E-state index contributed by atoms with van der Waals surface area (Å²) < 4.78 is 19.1. The molecule has 0 spiro atoms. The van der Waals surface area contributed by atoms with Gasteiger partial charge in [0.05, 0.1) is 6.33 Å². The molecule has 2 aromatic heterocycles. The van der Waals surface area contributed by atoms with Crippen molar-refractivity contribution < 1.29 is 28.9 Å². The van der Waals surface area contributed by atoms with Crippen LogP contribution in [0.15, 0.2) is 12.7 Å². The highest BCUT2D eigenvalue weighted by Gasteiger charge is 2.48. The van der Waals surface area contributed by atoms with Crippen molar-refractivity contribution in [2.75, 3.05) is 12.3 Å². The van der Waals surface area contributed by atoms with Crippen LogP contribution in [-0.4, -0.2) is 61.5 Å². The standard InChI is InChI=1S/C36H61N5O6/c1-3-5-7-9-11-13-15-17-19-21-23-29(42)45-25-28-33(47-30(43)24-22-20-18-16-14-12-10-8-6-4-2)32(44)36(46-28)41-27-40-31-34(37)38-26-39-35(31)41/h26-28,32-33,36,44H,3-25H2,1-2H3,(H2,37,38,39)/t28-,32-,33-,36?/m1/s1. The van der Waals surface area contributed by atoms with Crippen LogP contribution in [0.5, 0.6) is 0 Å². The maximum atomic E-state index is 12.9. The van der Waals surface area contributed by atoms with Gasteiger partial charge in [0, 0.05) is 12.8 Å². The molecule has 0 amide bonds. The average molecular weight is 660 g/mol. The lowest BCUT2D eigenvalue weighted by atomic mass is 10.1. The molecule has 1 unspecified atom stereocenters. The molecule has 1 aliphatic heterocycles. The minimum Gasteiger partial charge on any atom is -0.463 e. The Bertz CT molecular complexity index is 1160. The Kier molecular flexibility index (Phi) is 18.7. The monoisotopic (exact) mass is 659 g/mol. The van der Waals surface area contributed by atoms with Crippen LogP contribution < -0.4 is 5.73 Å². The Labute approximate surface area is 281 Å². The third-order valence-electron chi connectivity index (χ3n) is 9.12. The molecule has 1 fully saturated rings. The van der Waals surface area contributed by atoms with Crippen molar-refractivity contribution in [3.05, 3.63) is 12.7 Å². The molecule has 4 atom stereocenters. The summed E-state index contributed by atoms with van der Waals surface area (Å²) in [7, 11) is 0. The molecule has 3 N–H and O–H groups in total. The van der Waals surface area contributed by atoms with Crippen molar-refractivity contribution in [3.8, 4) is 0 Å². The van der Waals surface area contributed by atoms with Gasteiger partial charge in [-0.1, -0.05) is 129 Å². The van der Waals surface area contributed by atoms with E-state index in [0.29, 0.717) is 17.6 Å². The number of imidazole rings is 1. The number of carbonyl (C=O) groups excluding carboxylic acids is 2. The Balaban J connectivity index is 1.45. The van der Waals surface area contributed by atoms with Crippen molar-refractivity contribution >= 4 is 28.9 Å². The number of aromatic nitrogens is 4. The van der Waals surface area contributed by atoms with E-state index < -0.39 is 30.5 Å². The van der Waals surface area contributed by atoms with Crippen LogP contribution in [0.4, 0.5) is 5.82 Å². The van der Waals surface area contributed by atoms with E-state index in [-0.39, 0.29) is 24.8 Å². The second kappa shape index (κ2) is 22.7. The van der Waals surface area contributed by atoms with E-state index in [9.17, 15) is 14.7 Å². The van der Waals surface area contributed by atoms with Gasteiger partial charge in [-0.25, -0.2) is 15.0 Å². The fourth-order valence-corrected chi connectivity index (χ4v) is 6.26. The molecule has 2 aromatic rings. The number of nitrogens with two attached hydrogens (primary N) is 1. The first-order valence-corrected chi connectivity index (χ1v) is 18.6. The molecule has 3 rings (SSSR count). The predicted molar refractivity (Wildman–Crippen MR) is 183 cm³/mol. The summed E-state index contributed by atoms with van der Waals surface area (Å²) in [5.74, 6) is -0.519. The normalized spacial score (nSPS) is 19.4. The number of aliphatic hydroxyl groups is 1. The van der Waals surface area contributed by atoms with Crippen LogP contribution >= 0.6 is 0 Å². The number of rotatable bonds is 26. The van der Waals surface area contributed by atoms with Gasteiger partial charge in [-0.05, 0) is 12.8 Å². The first kappa shape index (κ1) is 38.7. The minimum atomic E-state index is -1.23. The van der Waals surface area contributed by atoms with Gasteiger partial charge < -0.3 is 25.1 Å². The maximum Gasteiger partial charge on any atom is 0.306 e. The number of esters is 2. The summed E-state index contributed by atoms with van der Waals surface area (Å²) in [6, 6.07) is 0. The van der Waals surface area contributed by atoms with Crippen molar-refractivity contribution in [1.82, 2.24) is 19.5 Å². The summed E-state index contributed by atoms with van der Waals surface area (Å²) in [6.45, 7) is 4.33. The number of fused-ring (bicyclic) bond motifs is 1. The van der Waals surface area contributed by atoms with Crippen LogP contribution in [0.1, 0.15) is 161 Å². The lowest BCUT2D eigenvalue weighted by molar-refractivity contribution is -0.160. The zero-order chi connectivity index (χ0) is 33.7. The van der Waals surface area contributed by atoms with Crippen LogP contribution in [0, 0.1) is 0 Å². The first-order chi connectivity index (χ1) is 23.0. The SMILES string of the molecule is CCCCCCCCCCCCC(=O)OC[C@H]1OC(n2cnc3c(N)ncnc32)[C@H](O)[C@@H]1OC(=O)CCCCCCCCCCCC. The van der Waals surface area contributed by atoms with E-state index in [0.717, 1.165) is 38.5 Å². The summed E-state index contributed by atoms with van der Waals surface area (Å²) in [5.41, 5.74) is 6.72. The number of nitrogen functional groups attached to an aromatic ring is 1. The zero-order valence-corrected chi connectivity index (χ0v) is 29.1. The van der Waals surface area contributed by atoms with Gasteiger partial charge in [-0.15, -0.1) is 0 Å². The fourth-order valence-electron chi connectivity index (χ4n) is 6.26. The van der Waals surface area contributed by atoms with Gasteiger partial charge >= 0.3 is 11.9 Å². The summed E-state index contributed by atoms with van der Waals surface area (Å²) in [4.78, 5) is 38.0. The van der Waals surface area contributed by atoms with Gasteiger partial charge in [0.25, 0.3) is 0 Å². The van der Waals surface area contributed by atoms with Crippen molar-refractivity contribution in [1.29, 1.82) is 0 Å². The summed E-state index contributed by atoms with van der Waals surface area (Å²) in [6.07, 6.45) is 22.8. The largest absolute Gasteiger partial charge is 0.463 e. The lowest BCUT2D eigenvalue weighted by Crippen LogP contribution is -2.38. The Morgan fingerprint density at radius 2 is 1.28 bits per heavy atom. The number of hydrogen-bond donors (Lipinski definition) is 2. The number of ether oxygens (including phenoxy) is 3. The number of nitrogens with zero attached hydrogens (tertiary/aromatic N) is 4. The summed E-state index contributed by atoms with van der Waals surface area (Å²) in [5, 5.41) is 11.3. The van der Waals surface area contributed by atoms with Gasteiger partial charge in [-0.3, -0.25) is 14.2 Å². The molecule has 266 valence electrons. The molecule has 1 saturated heterocycles. The second-order valence-corrected chi connectivity index (χ2v) is 13.1. The van der Waals surface area contributed by atoms with Gasteiger partial charge in [-0.2, -0.15) is 0 Å². The van der Waals surface area contributed by atoms with Crippen molar-refractivity contribution in [3.63, 3.8) is 0 Å². The van der Waals surface area contributed by atoms with E-state index >= 15 is 0 Å². The van der Waals surface area contributed by atoms with Crippen molar-refractivity contribution in [2.45, 2.75) is 180 Å². The number of hydrogen-bond acceptors (Lipinski definition) is 10. The number of aliphatic hydroxyl groups excluding tert-OH is 1. The molecule has 11 nitrogen and oxygen atoms in total. The van der Waals surface area contributed by atoms with Crippen LogP contribution in [-0.2, 0) is 23.8 Å². The Morgan fingerprint density at radius 1 is 0.766 bits per heavy atom. The van der Waals surface area contributed by atoms with Crippen LogP contribution in [0.2, 0.25) is 0 Å². The van der Waals surface area contributed by atoms with Crippen LogP contribution in [0.25, 0.3) is 11.2 Å². The molecule has 0 aromatic carbocycles. The predicted octanol–water partition coefficient (Wildman–Crippen LogP) is 7.74. The van der Waals surface area contributed by atoms with E-state index in [2.05, 4.69) is 28.8 Å². The van der Waals surface area contributed by atoms with Crippen molar-refractivity contribution in [2.24, 2.45) is 0 Å². The highest BCUT2D eigenvalue weighted by Crippen LogP contribution is 2.34. The molecule has 0 bridgehead atoms. The Hall–Kier alpha value is -2.79. The van der Waals surface area contributed by atoms with E-state index in [1.54, 1.807) is 4.57 Å². The molecule has 0 saturated carbocycles. The molecule has 11 heteroatoms. The number of anilines is 1. The molecule has 1 aliphatic rings. The number of unbranched alkanes of at least 4 members (excludes halogenated alkanes) is 18. The average Bonchev–Trinajstić information content (AvgIpc) is 3.63.